The van der Waals surface area contributed by atoms with Gasteiger partial charge in [0.2, 0.25) is 0 Å². The van der Waals surface area contributed by atoms with Gasteiger partial charge in [0.15, 0.2) is 0 Å². The molecule has 98 valence electrons. The Hall–Kier alpha value is -1.15. The van der Waals surface area contributed by atoms with Crippen LogP contribution in [0.2, 0.25) is 0 Å². The molecule has 0 aliphatic heterocycles. The molecule has 18 heavy (non-hydrogen) atoms. The Morgan fingerprint density at radius 3 is 2.83 bits per heavy atom. The highest BCUT2D eigenvalue weighted by Gasteiger charge is 2.13. The van der Waals surface area contributed by atoms with Crippen LogP contribution in [0.25, 0.3) is 0 Å². The summed E-state index contributed by atoms with van der Waals surface area (Å²) in [6.45, 7) is 0. The molecule has 0 radical (unpaired) electrons. The zero-order valence-corrected chi connectivity index (χ0v) is 11.4. The molecule has 1 atom stereocenters. The smallest absolute Gasteiger partial charge is 0.0279 e. The van der Waals surface area contributed by atoms with Gasteiger partial charge < -0.3 is 5.32 Å². The van der Waals surface area contributed by atoms with E-state index in [2.05, 4.69) is 35.6 Å². The lowest BCUT2D eigenvalue weighted by atomic mass is 9.96. The molecule has 2 rings (SSSR count). The summed E-state index contributed by atoms with van der Waals surface area (Å²) in [6.07, 6.45) is 15.2. The van der Waals surface area contributed by atoms with Gasteiger partial charge in [-0.1, -0.05) is 18.1 Å². The van der Waals surface area contributed by atoms with Gasteiger partial charge in [0.1, 0.15) is 0 Å². The third kappa shape index (κ3) is 3.95. The molecule has 2 nitrogen and oxygen atoms in total. The van der Waals surface area contributed by atoms with E-state index in [4.69, 9.17) is 0 Å². The Kier molecular flexibility index (Phi) is 5.40. The van der Waals surface area contributed by atoms with E-state index in [1.54, 1.807) is 5.57 Å². The fourth-order valence-corrected chi connectivity index (χ4v) is 2.73. The molecule has 1 N–H and O–H groups in total. The van der Waals surface area contributed by atoms with E-state index >= 15 is 0 Å². The second kappa shape index (κ2) is 7.32. The SMILES string of the molecule is CNC(CCc1ccncc1)C1=CCCCCC1. The summed E-state index contributed by atoms with van der Waals surface area (Å²) in [6, 6.07) is 4.79. The minimum atomic E-state index is 0.552. The summed E-state index contributed by atoms with van der Waals surface area (Å²) in [5.74, 6) is 0. The number of rotatable bonds is 5. The third-order valence-electron chi connectivity index (χ3n) is 3.84. The van der Waals surface area contributed by atoms with E-state index < -0.39 is 0 Å². The Morgan fingerprint density at radius 1 is 1.22 bits per heavy atom. The monoisotopic (exact) mass is 244 g/mol. The zero-order chi connectivity index (χ0) is 12.6. The van der Waals surface area contributed by atoms with Crippen LogP contribution in [-0.4, -0.2) is 18.1 Å². The molecule has 1 aromatic heterocycles. The maximum Gasteiger partial charge on any atom is 0.0279 e. The normalized spacial score (nSPS) is 17.9. The zero-order valence-electron chi connectivity index (χ0n) is 11.4. The highest BCUT2D eigenvalue weighted by molar-refractivity contribution is 5.15. The Labute approximate surface area is 111 Å². The molecule has 0 aromatic carbocycles. The topological polar surface area (TPSA) is 24.9 Å². The van der Waals surface area contributed by atoms with Crippen molar-refractivity contribution in [1.82, 2.24) is 10.3 Å². The van der Waals surface area contributed by atoms with E-state index in [9.17, 15) is 0 Å². The molecule has 1 aliphatic carbocycles. The van der Waals surface area contributed by atoms with Crippen molar-refractivity contribution in [3.05, 3.63) is 41.7 Å². The van der Waals surface area contributed by atoms with Crippen molar-refractivity contribution in [3.8, 4) is 0 Å². The number of aromatic nitrogens is 1. The van der Waals surface area contributed by atoms with Crippen molar-refractivity contribution < 1.29 is 0 Å². The second-order valence-corrected chi connectivity index (χ2v) is 5.11. The Bertz CT molecular complexity index is 370. The van der Waals surface area contributed by atoms with Gasteiger partial charge in [0.25, 0.3) is 0 Å². The maximum absolute atomic E-state index is 4.07. The van der Waals surface area contributed by atoms with Crippen LogP contribution in [0.1, 0.15) is 44.1 Å². The summed E-state index contributed by atoms with van der Waals surface area (Å²) in [4.78, 5) is 4.07. The number of pyridine rings is 1. The van der Waals surface area contributed by atoms with Crippen LogP contribution >= 0.6 is 0 Å². The number of allylic oxidation sites excluding steroid dienone is 1. The molecule has 2 heteroatoms. The molecular formula is C16H24N2. The highest BCUT2D eigenvalue weighted by atomic mass is 14.9. The van der Waals surface area contributed by atoms with E-state index in [0.717, 1.165) is 6.42 Å². The number of hydrogen-bond donors (Lipinski definition) is 1. The Morgan fingerprint density at radius 2 is 2.06 bits per heavy atom. The first-order valence-electron chi connectivity index (χ1n) is 7.15. The quantitative estimate of drug-likeness (QED) is 0.802. The van der Waals surface area contributed by atoms with Crippen LogP contribution in [0.3, 0.4) is 0 Å². The van der Waals surface area contributed by atoms with E-state index in [-0.39, 0.29) is 0 Å². The summed E-state index contributed by atoms with van der Waals surface area (Å²) in [5.41, 5.74) is 3.02. The minimum Gasteiger partial charge on any atom is -0.313 e. The van der Waals surface area contributed by atoms with Crippen molar-refractivity contribution in [2.45, 2.75) is 51.0 Å². The number of aryl methyl sites for hydroxylation is 1. The highest BCUT2D eigenvalue weighted by Crippen LogP contribution is 2.22. The molecule has 1 aromatic rings. The van der Waals surface area contributed by atoms with Crippen molar-refractivity contribution >= 4 is 0 Å². The number of hydrogen-bond acceptors (Lipinski definition) is 2. The van der Waals surface area contributed by atoms with Gasteiger partial charge in [-0.05, 0) is 63.3 Å². The van der Waals surface area contributed by atoms with E-state index in [1.165, 1.54) is 44.1 Å². The standard InChI is InChI=1S/C16H24N2/c1-17-16(15-6-4-2-3-5-7-15)9-8-14-10-12-18-13-11-14/h6,10-13,16-17H,2-5,7-9H2,1H3. The van der Waals surface area contributed by atoms with Gasteiger partial charge in [-0.15, -0.1) is 0 Å². The first-order chi connectivity index (χ1) is 8.90. The summed E-state index contributed by atoms with van der Waals surface area (Å²) in [7, 11) is 2.09. The van der Waals surface area contributed by atoms with Gasteiger partial charge in [-0.25, -0.2) is 0 Å². The molecule has 0 fully saturated rings. The lowest BCUT2D eigenvalue weighted by molar-refractivity contribution is 0.561. The van der Waals surface area contributed by atoms with Crippen molar-refractivity contribution in [2.75, 3.05) is 7.05 Å². The Balaban J connectivity index is 1.90. The van der Waals surface area contributed by atoms with Crippen molar-refractivity contribution in [2.24, 2.45) is 0 Å². The maximum atomic E-state index is 4.07. The number of likely N-dealkylation sites (N-methyl/N-ethyl adjacent to an activating group) is 1. The number of nitrogens with one attached hydrogen (secondary N) is 1. The average Bonchev–Trinajstić information content (AvgIpc) is 2.70. The van der Waals surface area contributed by atoms with Gasteiger partial charge in [-0.3, -0.25) is 4.98 Å². The predicted octanol–water partition coefficient (Wildman–Crippen LogP) is 3.49. The fraction of sp³-hybridized carbons (Fsp3) is 0.562. The van der Waals surface area contributed by atoms with Crippen molar-refractivity contribution in [1.29, 1.82) is 0 Å². The van der Waals surface area contributed by atoms with Gasteiger partial charge in [-0.2, -0.15) is 0 Å². The van der Waals surface area contributed by atoms with Gasteiger partial charge >= 0.3 is 0 Å². The molecule has 1 heterocycles. The second-order valence-electron chi connectivity index (χ2n) is 5.11. The molecule has 0 saturated carbocycles. The first-order valence-corrected chi connectivity index (χ1v) is 7.15. The summed E-state index contributed by atoms with van der Waals surface area (Å²) < 4.78 is 0. The minimum absolute atomic E-state index is 0.552. The molecule has 1 aliphatic rings. The molecular weight excluding hydrogens is 220 g/mol. The lowest BCUT2D eigenvalue weighted by Gasteiger charge is -2.19. The summed E-state index contributed by atoms with van der Waals surface area (Å²) in [5, 5.41) is 3.49. The van der Waals surface area contributed by atoms with Gasteiger partial charge in [0.05, 0.1) is 0 Å². The largest absolute Gasteiger partial charge is 0.313 e. The molecule has 0 amide bonds. The molecule has 0 bridgehead atoms. The third-order valence-corrected chi connectivity index (χ3v) is 3.84. The van der Waals surface area contributed by atoms with Gasteiger partial charge in [0, 0.05) is 18.4 Å². The van der Waals surface area contributed by atoms with Crippen LogP contribution in [0.15, 0.2) is 36.2 Å². The molecule has 1 unspecified atom stereocenters. The van der Waals surface area contributed by atoms with E-state index in [1.807, 2.05) is 12.4 Å². The molecule has 0 spiro atoms. The van der Waals surface area contributed by atoms with E-state index in [0.29, 0.717) is 6.04 Å². The van der Waals surface area contributed by atoms with Crippen LogP contribution < -0.4 is 5.32 Å². The predicted molar refractivity (Wildman–Crippen MR) is 76.6 cm³/mol. The van der Waals surface area contributed by atoms with Crippen molar-refractivity contribution in [3.63, 3.8) is 0 Å². The lowest BCUT2D eigenvalue weighted by Crippen LogP contribution is -2.28. The van der Waals surface area contributed by atoms with Crippen LogP contribution in [0.5, 0.6) is 0 Å². The van der Waals surface area contributed by atoms with Crippen LogP contribution in [-0.2, 0) is 6.42 Å². The number of nitrogens with zero attached hydrogens (tertiary/aromatic N) is 1. The fourth-order valence-electron chi connectivity index (χ4n) is 2.73. The average molecular weight is 244 g/mol. The van der Waals surface area contributed by atoms with Crippen LogP contribution in [0, 0.1) is 0 Å². The first kappa shape index (κ1) is 13.3. The molecule has 0 saturated heterocycles. The van der Waals surface area contributed by atoms with Crippen LogP contribution in [0.4, 0.5) is 0 Å². The summed E-state index contributed by atoms with van der Waals surface area (Å²) >= 11 is 0.